The minimum Gasteiger partial charge on any atom is -0.493 e. The van der Waals surface area contributed by atoms with Gasteiger partial charge in [-0.3, -0.25) is 4.79 Å². The molecule has 0 saturated carbocycles. The van der Waals surface area contributed by atoms with Crippen LogP contribution in [0.1, 0.15) is 25.7 Å². The summed E-state index contributed by atoms with van der Waals surface area (Å²) >= 11 is 1.70. The quantitative estimate of drug-likeness (QED) is 0.745. The zero-order valence-electron chi connectivity index (χ0n) is 12.7. The van der Waals surface area contributed by atoms with E-state index in [0.29, 0.717) is 25.0 Å². The molecule has 23 heavy (non-hydrogen) atoms. The van der Waals surface area contributed by atoms with E-state index in [0.717, 1.165) is 11.5 Å². The van der Waals surface area contributed by atoms with Gasteiger partial charge in [-0.05, 0) is 42.9 Å². The van der Waals surface area contributed by atoms with Crippen LogP contribution < -0.4 is 10.1 Å². The molecule has 1 aliphatic rings. The predicted molar refractivity (Wildman–Crippen MR) is 86.2 cm³/mol. The van der Waals surface area contributed by atoms with E-state index in [1.54, 1.807) is 23.9 Å². The van der Waals surface area contributed by atoms with Gasteiger partial charge in [0.25, 0.3) is 0 Å². The van der Waals surface area contributed by atoms with E-state index in [1.165, 1.54) is 12.1 Å². The van der Waals surface area contributed by atoms with Crippen molar-refractivity contribution < 1.29 is 23.8 Å². The highest BCUT2D eigenvalue weighted by Crippen LogP contribution is 2.27. The standard InChI is InChI=1S/C16H20FNO4S/c17-12-3-1-4-13(11-12)22-8-2-5-14(19)18-16(15(20)21)6-9-23-10-7-16/h1,3-4,11H,2,5-10H2,(H,18,19)(H,20,21). The summed E-state index contributed by atoms with van der Waals surface area (Å²) in [6.45, 7) is 0.271. The predicted octanol–water partition coefficient (Wildman–Crippen LogP) is 2.45. The second kappa shape index (κ2) is 8.19. The van der Waals surface area contributed by atoms with Crippen LogP contribution in [0, 0.1) is 5.82 Å². The average Bonchev–Trinajstić information content (AvgIpc) is 2.52. The van der Waals surface area contributed by atoms with E-state index in [9.17, 15) is 19.1 Å². The number of benzene rings is 1. The maximum atomic E-state index is 13.0. The Hall–Kier alpha value is -1.76. The molecule has 1 saturated heterocycles. The molecule has 1 aromatic carbocycles. The van der Waals surface area contributed by atoms with Gasteiger partial charge in [-0.1, -0.05) is 6.07 Å². The summed E-state index contributed by atoms with van der Waals surface area (Å²) in [5.74, 6) is 0.240. The number of nitrogens with one attached hydrogen (secondary N) is 1. The second-order valence-corrected chi connectivity index (χ2v) is 6.68. The Balaban J connectivity index is 1.75. The molecule has 0 unspecified atom stereocenters. The number of aliphatic carboxylic acids is 1. The van der Waals surface area contributed by atoms with Crippen LogP contribution in [-0.4, -0.2) is 40.6 Å². The average molecular weight is 341 g/mol. The van der Waals surface area contributed by atoms with Gasteiger partial charge in [-0.15, -0.1) is 0 Å². The molecule has 0 aliphatic carbocycles. The molecular formula is C16H20FNO4S. The van der Waals surface area contributed by atoms with Crippen LogP contribution in [0.5, 0.6) is 5.75 Å². The van der Waals surface area contributed by atoms with Crippen molar-refractivity contribution in [2.24, 2.45) is 0 Å². The molecule has 0 bridgehead atoms. The lowest BCUT2D eigenvalue weighted by Crippen LogP contribution is -2.56. The van der Waals surface area contributed by atoms with Gasteiger partial charge < -0.3 is 15.2 Å². The molecule has 5 nitrogen and oxygen atoms in total. The Bertz CT molecular complexity index is 561. The van der Waals surface area contributed by atoms with Crippen LogP contribution >= 0.6 is 11.8 Å². The third-order valence-electron chi connectivity index (χ3n) is 3.75. The monoisotopic (exact) mass is 341 g/mol. The summed E-state index contributed by atoms with van der Waals surface area (Å²) in [6.07, 6.45) is 1.50. The zero-order chi connectivity index (χ0) is 16.7. The summed E-state index contributed by atoms with van der Waals surface area (Å²) < 4.78 is 18.3. The van der Waals surface area contributed by atoms with Crippen molar-refractivity contribution in [3.05, 3.63) is 30.1 Å². The summed E-state index contributed by atoms with van der Waals surface area (Å²) in [6, 6.07) is 5.80. The van der Waals surface area contributed by atoms with Crippen molar-refractivity contribution in [3.63, 3.8) is 0 Å². The summed E-state index contributed by atoms with van der Waals surface area (Å²) in [7, 11) is 0. The number of carbonyl (C=O) groups is 2. The van der Waals surface area contributed by atoms with E-state index >= 15 is 0 Å². The first kappa shape index (κ1) is 17.6. The number of thioether (sulfide) groups is 1. The largest absolute Gasteiger partial charge is 0.493 e. The molecule has 126 valence electrons. The number of amides is 1. The van der Waals surface area contributed by atoms with E-state index in [-0.39, 0.29) is 24.8 Å². The molecule has 1 amide bonds. The van der Waals surface area contributed by atoms with Gasteiger partial charge in [0.1, 0.15) is 17.1 Å². The fourth-order valence-electron chi connectivity index (χ4n) is 2.42. The van der Waals surface area contributed by atoms with Crippen molar-refractivity contribution in [1.82, 2.24) is 5.32 Å². The lowest BCUT2D eigenvalue weighted by molar-refractivity contribution is -0.148. The lowest BCUT2D eigenvalue weighted by atomic mass is 9.92. The first-order valence-corrected chi connectivity index (χ1v) is 8.68. The second-order valence-electron chi connectivity index (χ2n) is 5.46. The molecule has 1 heterocycles. The molecule has 0 spiro atoms. The Labute approximate surface area is 138 Å². The lowest BCUT2D eigenvalue weighted by Gasteiger charge is -2.33. The molecule has 1 aliphatic heterocycles. The van der Waals surface area contributed by atoms with Gasteiger partial charge in [0, 0.05) is 12.5 Å². The van der Waals surface area contributed by atoms with Crippen molar-refractivity contribution in [1.29, 1.82) is 0 Å². The molecule has 7 heteroatoms. The normalized spacial score (nSPS) is 16.6. The van der Waals surface area contributed by atoms with Crippen LogP contribution in [0.3, 0.4) is 0 Å². The third kappa shape index (κ3) is 5.13. The van der Waals surface area contributed by atoms with Crippen molar-refractivity contribution in [2.45, 2.75) is 31.2 Å². The Morgan fingerprint density at radius 3 is 2.74 bits per heavy atom. The molecule has 0 radical (unpaired) electrons. The molecule has 2 N–H and O–H groups in total. The minimum absolute atomic E-state index is 0.178. The van der Waals surface area contributed by atoms with Crippen molar-refractivity contribution in [3.8, 4) is 5.75 Å². The molecule has 0 aromatic heterocycles. The number of hydrogen-bond acceptors (Lipinski definition) is 4. The number of hydrogen-bond donors (Lipinski definition) is 2. The van der Waals surface area contributed by atoms with Gasteiger partial charge in [0.15, 0.2) is 0 Å². The molecule has 2 rings (SSSR count). The fraction of sp³-hybridized carbons (Fsp3) is 0.500. The number of rotatable bonds is 7. The summed E-state index contributed by atoms with van der Waals surface area (Å²) in [5, 5.41) is 12.1. The third-order valence-corrected chi connectivity index (χ3v) is 4.73. The van der Waals surface area contributed by atoms with Gasteiger partial charge in [-0.2, -0.15) is 11.8 Å². The highest BCUT2D eigenvalue weighted by Gasteiger charge is 2.40. The fourth-order valence-corrected chi connectivity index (χ4v) is 3.61. The topological polar surface area (TPSA) is 75.6 Å². The zero-order valence-corrected chi connectivity index (χ0v) is 13.5. The van der Waals surface area contributed by atoms with E-state index in [4.69, 9.17) is 4.74 Å². The van der Waals surface area contributed by atoms with Crippen molar-refractivity contribution in [2.75, 3.05) is 18.1 Å². The Morgan fingerprint density at radius 1 is 1.35 bits per heavy atom. The van der Waals surface area contributed by atoms with Crippen molar-refractivity contribution >= 4 is 23.6 Å². The van der Waals surface area contributed by atoms with Crippen LogP contribution in [0.4, 0.5) is 4.39 Å². The molecular weight excluding hydrogens is 321 g/mol. The SMILES string of the molecule is O=C(CCCOc1cccc(F)c1)NC1(C(=O)O)CCSCC1. The van der Waals surface area contributed by atoms with E-state index < -0.39 is 11.5 Å². The first-order valence-electron chi connectivity index (χ1n) is 7.52. The van der Waals surface area contributed by atoms with E-state index in [1.807, 2.05) is 0 Å². The number of halogens is 1. The van der Waals surface area contributed by atoms with E-state index in [2.05, 4.69) is 5.32 Å². The maximum Gasteiger partial charge on any atom is 0.329 e. The molecule has 0 atom stereocenters. The minimum atomic E-state index is -1.13. The highest BCUT2D eigenvalue weighted by atomic mass is 32.2. The number of carbonyl (C=O) groups excluding carboxylic acids is 1. The van der Waals surface area contributed by atoms with Crippen LogP contribution in [0.15, 0.2) is 24.3 Å². The molecule has 1 fully saturated rings. The highest BCUT2D eigenvalue weighted by molar-refractivity contribution is 7.99. The van der Waals surface area contributed by atoms with Crippen LogP contribution in [0.25, 0.3) is 0 Å². The number of carboxylic acids is 1. The van der Waals surface area contributed by atoms with Gasteiger partial charge in [0.05, 0.1) is 6.61 Å². The maximum absolute atomic E-state index is 13.0. The summed E-state index contributed by atoms with van der Waals surface area (Å²) in [4.78, 5) is 23.5. The van der Waals surface area contributed by atoms with Gasteiger partial charge >= 0.3 is 5.97 Å². The van der Waals surface area contributed by atoms with Gasteiger partial charge in [0.2, 0.25) is 5.91 Å². The van der Waals surface area contributed by atoms with Crippen LogP contribution in [0.2, 0.25) is 0 Å². The van der Waals surface area contributed by atoms with Gasteiger partial charge in [-0.25, -0.2) is 9.18 Å². The first-order chi connectivity index (χ1) is 11.0. The smallest absolute Gasteiger partial charge is 0.329 e. The Kier molecular flexibility index (Phi) is 6.27. The Morgan fingerprint density at radius 2 is 2.09 bits per heavy atom. The van der Waals surface area contributed by atoms with Crippen LogP contribution in [-0.2, 0) is 9.59 Å². The molecule has 1 aromatic rings. The summed E-state index contributed by atoms with van der Waals surface area (Å²) in [5.41, 5.74) is -1.13. The number of carboxylic acid groups (broad SMARTS) is 1. The number of ether oxygens (including phenoxy) is 1.